The SMILES string of the molecule is COc1ccc(S(=O)(=O)N2CCC[C@H](C(=O)NCCC(=O)NCCc3ccccc3)C2)cc1. The minimum atomic E-state index is -3.69. The van der Waals surface area contributed by atoms with E-state index < -0.39 is 15.9 Å². The first-order chi connectivity index (χ1) is 15.9. The number of rotatable bonds is 10. The molecule has 0 saturated carbocycles. The summed E-state index contributed by atoms with van der Waals surface area (Å²) in [5.41, 5.74) is 1.15. The Balaban J connectivity index is 1.42. The second kappa shape index (κ2) is 11.8. The van der Waals surface area contributed by atoms with Gasteiger partial charge in [0.05, 0.1) is 17.9 Å². The van der Waals surface area contributed by atoms with Crippen molar-refractivity contribution in [1.82, 2.24) is 14.9 Å². The Morgan fingerprint density at radius 3 is 2.45 bits per heavy atom. The molecule has 1 aliphatic rings. The molecule has 1 aliphatic heterocycles. The Morgan fingerprint density at radius 2 is 1.76 bits per heavy atom. The molecule has 1 atom stereocenters. The van der Waals surface area contributed by atoms with Crippen molar-refractivity contribution in [1.29, 1.82) is 0 Å². The standard InChI is InChI=1S/C24H31N3O5S/c1-32-21-9-11-22(12-10-21)33(30,31)27-17-5-8-20(18-27)24(29)26-16-14-23(28)25-15-13-19-6-3-2-4-7-19/h2-4,6-7,9-12,20H,5,8,13-18H2,1H3,(H,25,28)(H,26,29)/t20-/m0/s1. The van der Waals surface area contributed by atoms with Gasteiger partial charge in [-0.25, -0.2) is 8.42 Å². The van der Waals surface area contributed by atoms with Crippen molar-refractivity contribution < 1.29 is 22.7 Å². The molecule has 0 radical (unpaired) electrons. The number of nitrogens with one attached hydrogen (secondary N) is 2. The van der Waals surface area contributed by atoms with Gasteiger partial charge in [-0.2, -0.15) is 4.31 Å². The normalized spacial score (nSPS) is 16.7. The maximum absolute atomic E-state index is 13.0. The van der Waals surface area contributed by atoms with E-state index in [1.165, 1.54) is 23.5 Å². The number of benzene rings is 2. The van der Waals surface area contributed by atoms with Crippen molar-refractivity contribution >= 4 is 21.8 Å². The molecule has 0 aliphatic carbocycles. The van der Waals surface area contributed by atoms with Crippen LogP contribution in [-0.4, -0.2) is 57.8 Å². The number of piperidine rings is 1. The van der Waals surface area contributed by atoms with Crippen molar-refractivity contribution in [3.05, 3.63) is 60.2 Å². The smallest absolute Gasteiger partial charge is 0.243 e. The number of carbonyl (C=O) groups is 2. The topological polar surface area (TPSA) is 105 Å². The summed E-state index contributed by atoms with van der Waals surface area (Å²) >= 11 is 0. The molecule has 33 heavy (non-hydrogen) atoms. The van der Waals surface area contributed by atoms with Gasteiger partial charge >= 0.3 is 0 Å². The van der Waals surface area contributed by atoms with E-state index in [0.29, 0.717) is 31.7 Å². The van der Waals surface area contributed by atoms with E-state index in [1.54, 1.807) is 12.1 Å². The van der Waals surface area contributed by atoms with Gasteiger partial charge in [-0.05, 0) is 49.1 Å². The quantitative estimate of drug-likeness (QED) is 0.549. The Labute approximate surface area is 195 Å². The number of carbonyl (C=O) groups excluding carboxylic acids is 2. The molecule has 0 spiro atoms. The van der Waals surface area contributed by atoms with Crippen LogP contribution in [0.5, 0.6) is 5.75 Å². The Bertz CT molecular complexity index is 1030. The highest BCUT2D eigenvalue weighted by Gasteiger charge is 2.33. The molecule has 9 heteroatoms. The van der Waals surface area contributed by atoms with Crippen LogP contribution in [0.15, 0.2) is 59.5 Å². The molecule has 2 aromatic carbocycles. The highest BCUT2D eigenvalue weighted by atomic mass is 32.2. The minimum absolute atomic E-state index is 0.126. The third-order valence-corrected chi connectivity index (χ3v) is 7.56. The highest BCUT2D eigenvalue weighted by Crippen LogP contribution is 2.25. The molecular weight excluding hydrogens is 442 g/mol. The van der Waals surface area contributed by atoms with Crippen LogP contribution >= 0.6 is 0 Å². The van der Waals surface area contributed by atoms with Crippen LogP contribution in [0.25, 0.3) is 0 Å². The zero-order valence-corrected chi connectivity index (χ0v) is 19.6. The summed E-state index contributed by atoms with van der Waals surface area (Å²) in [6.45, 7) is 1.26. The first-order valence-corrected chi connectivity index (χ1v) is 12.6. The minimum Gasteiger partial charge on any atom is -0.497 e. The molecule has 0 bridgehead atoms. The second-order valence-electron chi connectivity index (χ2n) is 8.00. The molecule has 1 heterocycles. The summed E-state index contributed by atoms with van der Waals surface area (Å²) in [6, 6.07) is 16.1. The molecule has 8 nitrogen and oxygen atoms in total. The fourth-order valence-corrected chi connectivity index (χ4v) is 5.32. The highest BCUT2D eigenvalue weighted by molar-refractivity contribution is 7.89. The van der Waals surface area contributed by atoms with Crippen molar-refractivity contribution in [2.24, 2.45) is 5.92 Å². The number of methoxy groups -OCH3 is 1. The predicted molar refractivity (Wildman–Crippen MR) is 125 cm³/mol. The van der Waals surface area contributed by atoms with Gasteiger partial charge in [-0.3, -0.25) is 9.59 Å². The monoisotopic (exact) mass is 473 g/mol. The van der Waals surface area contributed by atoms with E-state index in [1.807, 2.05) is 30.3 Å². The van der Waals surface area contributed by atoms with Crippen LogP contribution < -0.4 is 15.4 Å². The third-order valence-electron chi connectivity index (χ3n) is 5.68. The molecule has 1 fully saturated rings. The van der Waals surface area contributed by atoms with E-state index in [0.717, 1.165) is 12.0 Å². The molecule has 0 aromatic heterocycles. The lowest BCUT2D eigenvalue weighted by atomic mass is 9.99. The van der Waals surface area contributed by atoms with Gasteiger partial charge in [-0.15, -0.1) is 0 Å². The molecule has 1 saturated heterocycles. The molecule has 2 N–H and O–H groups in total. The Kier molecular flexibility index (Phi) is 8.85. The third kappa shape index (κ3) is 7.03. The maximum atomic E-state index is 13.0. The largest absolute Gasteiger partial charge is 0.497 e. The fourth-order valence-electron chi connectivity index (χ4n) is 3.79. The predicted octanol–water partition coefficient (Wildman–Crippen LogP) is 1.96. The average Bonchev–Trinajstić information content (AvgIpc) is 2.84. The van der Waals surface area contributed by atoms with E-state index >= 15 is 0 Å². The van der Waals surface area contributed by atoms with Gasteiger partial charge < -0.3 is 15.4 Å². The maximum Gasteiger partial charge on any atom is 0.243 e. The van der Waals surface area contributed by atoms with E-state index in [4.69, 9.17) is 4.74 Å². The van der Waals surface area contributed by atoms with Crippen LogP contribution in [0.2, 0.25) is 0 Å². The van der Waals surface area contributed by atoms with Crippen molar-refractivity contribution in [3.63, 3.8) is 0 Å². The summed E-state index contributed by atoms with van der Waals surface area (Å²) in [4.78, 5) is 24.8. The summed E-state index contributed by atoms with van der Waals surface area (Å²) in [5.74, 6) is -0.206. The molecule has 3 rings (SSSR count). The van der Waals surface area contributed by atoms with Crippen LogP contribution in [0.1, 0.15) is 24.8 Å². The number of ether oxygens (including phenoxy) is 1. The number of nitrogens with zero attached hydrogens (tertiary/aromatic N) is 1. The first kappa shape index (κ1) is 24.7. The van der Waals surface area contributed by atoms with Gasteiger partial charge in [-0.1, -0.05) is 30.3 Å². The van der Waals surface area contributed by atoms with Crippen LogP contribution in [0, 0.1) is 5.92 Å². The molecular formula is C24H31N3O5S. The molecule has 2 aromatic rings. The lowest BCUT2D eigenvalue weighted by Gasteiger charge is -2.31. The second-order valence-corrected chi connectivity index (χ2v) is 9.94. The Hall–Kier alpha value is -2.91. The summed E-state index contributed by atoms with van der Waals surface area (Å²) in [5, 5.41) is 5.63. The fraction of sp³-hybridized carbons (Fsp3) is 0.417. The van der Waals surface area contributed by atoms with Crippen LogP contribution in [-0.2, 0) is 26.0 Å². The van der Waals surface area contributed by atoms with Gasteiger partial charge in [0, 0.05) is 32.6 Å². The average molecular weight is 474 g/mol. The summed E-state index contributed by atoms with van der Waals surface area (Å²) in [6.07, 6.45) is 2.15. The van der Waals surface area contributed by atoms with E-state index in [2.05, 4.69) is 10.6 Å². The first-order valence-electron chi connectivity index (χ1n) is 11.1. The van der Waals surface area contributed by atoms with Gasteiger partial charge in [0.1, 0.15) is 5.75 Å². The Morgan fingerprint density at radius 1 is 1.03 bits per heavy atom. The number of sulfonamides is 1. The van der Waals surface area contributed by atoms with Crippen molar-refractivity contribution in [2.45, 2.75) is 30.6 Å². The van der Waals surface area contributed by atoms with Gasteiger partial charge in [0.15, 0.2) is 0 Å². The zero-order chi connectivity index (χ0) is 23.7. The van der Waals surface area contributed by atoms with Gasteiger partial charge in [0.2, 0.25) is 21.8 Å². The van der Waals surface area contributed by atoms with Crippen molar-refractivity contribution in [3.8, 4) is 5.75 Å². The van der Waals surface area contributed by atoms with Gasteiger partial charge in [0.25, 0.3) is 0 Å². The van der Waals surface area contributed by atoms with Crippen LogP contribution in [0.4, 0.5) is 0 Å². The molecule has 178 valence electrons. The zero-order valence-electron chi connectivity index (χ0n) is 18.8. The molecule has 0 unspecified atom stereocenters. The van der Waals surface area contributed by atoms with E-state index in [-0.39, 0.29) is 36.2 Å². The molecule has 2 amide bonds. The number of hydrogen-bond donors (Lipinski definition) is 2. The van der Waals surface area contributed by atoms with Crippen LogP contribution in [0.3, 0.4) is 0 Å². The number of hydrogen-bond acceptors (Lipinski definition) is 5. The summed E-state index contributed by atoms with van der Waals surface area (Å²) < 4.78 is 32.4. The van der Waals surface area contributed by atoms with Crippen molar-refractivity contribution in [2.75, 3.05) is 33.3 Å². The van der Waals surface area contributed by atoms with E-state index in [9.17, 15) is 18.0 Å². The number of amides is 2. The lowest BCUT2D eigenvalue weighted by molar-refractivity contribution is -0.126. The lowest BCUT2D eigenvalue weighted by Crippen LogP contribution is -2.45. The summed E-state index contributed by atoms with van der Waals surface area (Å²) in [7, 11) is -2.17.